The summed E-state index contributed by atoms with van der Waals surface area (Å²) < 4.78 is 10.1. The maximum Gasteiger partial charge on any atom is 0.326 e. The minimum atomic E-state index is -1.25. The van der Waals surface area contributed by atoms with Crippen LogP contribution in [0, 0.1) is 0 Å². The molecule has 1 heterocycles. The highest BCUT2D eigenvalue weighted by atomic mass is 35.5. The highest BCUT2D eigenvalue weighted by molar-refractivity contribution is 5.85. The van der Waals surface area contributed by atoms with Crippen molar-refractivity contribution in [1.29, 1.82) is 0 Å². The lowest BCUT2D eigenvalue weighted by atomic mass is 10.0. The molecule has 0 aromatic heterocycles. The fourth-order valence-corrected chi connectivity index (χ4v) is 1.13. The van der Waals surface area contributed by atoms with E-state index < -0.39 is 17.6 Å². The van der Waals surface area contributed by atoms with Crippen LogP contribution in [0.25, 0.3) is 0 Å². The summed E-state index contributed by atoms with van der Waals surface area (Å²) in [5, 5.41) is 9.47. The van der Waals surface area contributed by atoms with Crippen LogP contribution in [0.3, 0.4) is 0 Å². The SMILES string of the molecule is CC(C)(O)[C@H](N)C(=O)OC1CCOC1.Cl. The number of aliphatic hydroxyl groups is 1. The number of halogens is 1. The van der Waals surface area contributed by atoms with Gasteiger partial charge in [0.05, 0.1) is 18.8 Å². The van der Waals surface area contributed by atoms with Crippen LogP contribution in [0.15, 0.2) is 0 Å². The van der Waals surface area contributed by atoms with Gasteiger partial charge in [-0.3, -0.25) is 4.79 Å². The zero-order valence-corrected chi connectivity index (χ0v) is 9.75. The third-order valence-electron chi connectivity index (χ3n) is 2.19. The molecule has 6 heteroatoms. The van der Waals surface area contributed by atoms with Crippen molar-refractivity contribution in [3.63, 3.8) is 0 Å². The van der Waals surface area contributed by atoms with Crippen LogP contribution in [-0.4, -0.2) is 42.0 Å². The van der Waals surface area contributed by atoms with E-state index in [1.54, 1.807) is 0 Å². The first-order valence-electron chi connectivity index (χ1n) is 4.67. The van der Waals surface area contributed by atoms with Gasteiger partial charge in [-0.15, -0.1) is 12.4 Å². The van der Waals surface area contributed by atoms with E-state index in [2.05, 4.69) is 0 Å². The highest BCUT2D eigenvalue weighted by Crippen LogP contribution is 2.13. The number of esters is 1. The second kappa shape index (κ2) is 5.65. The van der Waals surface area contributed by atoms with Gasteiger partial charge in [-0.1, -0.05) is 0 Å². The number of carbonyl (C=O) groups is 1. The number of rotatable bonds is 3. The van der Waals surface area contributed by atoms with E-state index in [1.807, 2.05) is 0 Å². The highest BCUT2D eigenvalue weighted by Gasteiger charge is 2.33. The van der Waals surface area contributed by atoms with E-state index in [-0.39, 0.29) is 18.5 Å². The van der Waals surface area contributed by atoms with Crippen molar-refractivity contribution in [2.75, 3.05) is 13.2 Å². The van der Waals surface area contributed by atoms with Crippen molar-refractivity contribution >= 4 is 18.4 Å². The fourth-order valence-electron chi connectivity index (χ4n) is 1.13. The molecule has 1 aliphatic rings. The molecule has 15 heavy (non-hydrogen) atoms. The molecular formula is C9H18ClNO4. The zero-order valence-electron chi connectivity index (χ0n) is 8.93. The van der Waals surface area contributed by atoms with Crippen LogP contribution in [0.5, 0.6) is 0 Å². The zero-order chi connectivity index (χ0) is 10.8. The summed E-state index contributed by atoms with van der Waals surface area (Å²) in [6.07, 6.45) is 0.487. The van der Waals surface area contributed by atoms with Crippen molar-refractivity contribution in [3.8, 4) is 0 Å². The lowest BCUT2D eigenvalue weighted by Crippen LogP contribution is -2.50. The number of nitrogens with two attached hydrogens (primary N) is 1. The van der Waals surface area contributed by atoms with Gasteiger partial charge in [0.2, 0.25) is 0 Å². The van der Waals surface area contributed by atoms with Crippen LogP contribution in [0.4, 0.5) is 0 Å². The van der Waals surface area contributed by atoms with Gasteiger partial charge in [0.25, 0.3) is 0 Å². The minimum absolute atomic E-state index is 0. The lowest BCUT2D eigenvalue weighted by Gasteiger charge is -2.24. The van der Waals surface area contributed by atoms with Gasteiger partial charge in [-0.05, 0) is 13.8 Å². The van der Waals surface area contributed by atoms with E-state index in [4.69, 9.17) is 15.2 Å². The Labute approximate surface area is 95.3 Å². The van der Waals surface area contributed by atoms with Crippen LogP contribution in [-0.2, 0) is 14.3 Å². The maximum absolute atomic E-state index is 11.4. The number of carbonyl (C=O) groups excluding carboxylic acids is 1. The van der Waals surface area contributed by atoms with E-state index in [1.165, 1.54) is 13.8 Å². The molecule has 1 unspecified atom stereocenters. The second-order valence-electron chi connectivity index (χ2n) is 4.05. The van der Waals surface area contributed by atoms with Gasteiger partial charge < -0.3 is 20.3 Å². The Morgan fingerprint density at radius 3 is 2.67 bits per heavy atom. The summed E-state index contributed by atoms with van der Waals surface area (Å²) in [6.45, 7) is 3.98. The topological polar surface area (TPSA) is 81.8 Å². The molecule has 1 rings (SSSR count). The molecule has 0 aromatic carbocycles. The first-order valence-corrected chi connectivity index (χ1v) is 4.67. The fraction of sp³-hybridized carbons (Fsp3) is 0.889. The molecule has 0 aromatic rings. The Balaban J connectivity index is 0.00000196. The third-order valence-corrected chi connectivity index (χ3v) is 2.19. The lowest BCUT2D eigenvalue weighted by molar-refractivity contribution is -0.156. The smallest absolute Gasteiger partial charge is 0.326 e. The molecule has 1 fully saturated rings. The number of ether oxygens (including phenoxy) is 2. The van der Waals surface area contributed by atoms with E-state index in [0.717, 1.165) is 0 Å². The predicted octanol–water partition coefficient (Wildman–Crippen LogP) is -0.162. The van der Waals surface area contributed by atoms with Gasteiger partial charge in [-0.2, -0.15) is 0 Å². The molecule has 90 valence electrons. The maximum atomic E-state index is 11.4. The second-order valence-corrected chi connectivity index (χ2v) is 4.05. The number of hydrogen-bond acceptors (Lipinski definition) is 5. The predicted molar refractivity (Wildman–Crippen MR) is 56.8 cm³/mol. The van der Waals surface area contributed by atoms with Crippen molar-refractivity contribution in [2.45, 2.75) is 38.0 Å². The van der Waals surface area contributed by atoms with Crippen molar-refractivity contribution in [2.24, 2.45) is 5.73 Å². The van der Waals surface area contributed by atoms with E-state index in [9.17, 15) is 9.90 Å². The first-order chi connectivity index (χ1) is 6.41. The largest absolute Gasteiger partial charge is 0.459 e. The molecule has 0 saturated carbocycles. The normalized spacial score (nSPS) is 23.1. The van der Waals surface area contributed by atoms with Crippen LogP contribution in [0.2, 0.25) is 0 Å². The van der Waals surface area contributed by atoms with Crippen molar-refractivity contribution < 1.29 is 19.4 Å². The molecule has 0 aliphatic carbocycles. The van der Waals surface area contributed by atoms with Gasteiger partial charge in [-0.25, -0.2) is 0 Å². The molecule has 1 saturated heterocycles. The van der Waals surface area contributed by atoms with Gasteiger partial charge in [0, 0.05) is 6.42 Å². The summed E-state index contributed by atoms with van der Waals surface area (Å²) in [5.74, 6) is -0.576. The third kappa shape index (κ3) is 4.34. The molecule has 0 radical (unpaired) electrons. The van der Waals surface area contributed by atoms with Crippen LogP contribution >= 0.6 is 12.4 Å². The minimum Gasteiger partial charge on any atom is -0.459 e. The quantitative estimate of drug-likeness (QED) is 0.669. The molecule has 1 aliphatic heterocycles. The first kappa shape index (κ1) is 14.6. The molecule has 3 N–H and O–H groups in total. The molecule has 2 atom stereocenters. The molecule has 0 bridgehead atoms. The average molecular weight is 240 g/mol. The van der Waals surface area contributed by atoms with Gasteiger partial charge >= 0.3 is 5.97 Å². The Morgan fingerprint density at radius 2 is 2.27 bits per heavy atom. The molecule has 5 nitrogen and oxygen atoms in total. The summed E-state index contributed by atoms with van der Waals surface area (Å²) in [7, 11) is 0. The Kier molecular flexibility index (Phi) is 5.51. The standard InChI is InChI=1S/C9H17NO4.ClH/c1-9(2,12)7(10)8(11)14-6-3-4-13-5-6;/h6-7,12H,3-5,10H2,1-2H3;1H/t6?,7-;/m1./s1. The monoisotopic (exact) mass is 239 g/mol. The van der Waals surface area contributed by atoms with Crippen molar-refractivity contribution in [3.05, 3.63) is 0 Å². The van der Waals surface area contributed by atoms with Gasteiger partial charge in [0.15, 0.2) is 0 Å². The number of hydrogen-bond donors (Lipinski definition) is 2. The van der Waals surface area contributed by atoms with Crippen LogP contribution in [0.1, 0.15) is 20.3 Å². The molecule has 0 amide bonds. The van der Waals surface area contributed by atoms with Crippen molar-refractivity contribution in [1.82, 2.24) is 0 Å². The van der Waals surface area contributed by atoms with E-state index in [0.29, 0.717) is 19.6 Å². The summed E-state index contributed by atoms with van der Waals surface area (Å²) in [5.41, 5.74) is 4.25. The summed E-state index contributed by atoms with van der Waals surface area (Å²) >= 11 is 0. The average Bonchev–Trinajstić information content (AvgIpc) is 2.53. The summed E-state index contributed by atoms with van der Waals surface area (Å²) in [6, 6.07) is -1.01. The van der Waals surface area contributed by atoms with Crippen LogP contribution < -0.4 is 5.73 Å². The Bertz CT molecular complexity index is 211. The molecular weight excluding hydrogens is 222 g/mol. The van der Waals surface area contributed by atoms with E-state index >= 15 is 0 Å². The molecule has 0 spiro atoms. The van der Waals surface area contributed by atoms with Gasteiger partial charge in [0.1, 0.15) is 12.1 Å². The summed E-state index contributed by atoms with van der Waals surface area (Å²) in [4.78, 5) is 11.4. The Morgan fingerprint density at radius 1 is 1.67 bits per heavy atom. The Hall–Kier alpha value is -0.360.